The zero-order chi connectivity index (χ0) is 28.0. The SMILES string of the molecule is C=C/C=C\C=C(/N)c1ccc(-c2nnc(-c3cccc(-c4nnc(-c5ccc(-c6ccccn6)nc5)o4)c3)o2)cn1. The van der Waals surface area contributed by atoms with Crippen molar-refractivity contribution in [2.75, 3.05) is 0 Å². The number of aromatic nitrogens is 7. The van der Waals surface area contributed by atoms with Gasteiger partial charge in [0.25, 0.3) is 0 Å². The molecule has 0 saturated carbocycles. The summed E-state index contributed by atoms with van der Waals surface area (Å²) < 4.78 is 11.9. The Kier molecular flexibility index (Phi) is 7.01. The molecule has 6 aromatic rings. The average Bonchev–Trinajstić information content (AvgIpc) is 3.73. The van der Waals surface area contributed by atoms with Crippen molar-refractivity contribution in [2.24, 2.45) is 5.73 Å². The molecule has 0 aliphatic carbocycles. The third kappa shape index (κ3) is 5.57. The smallest absolute Gasteiger partial charge is 0.249 e. The van der Waals surface area contributed by atoms with Gasteiger partial charge in [-0.3, -0.25) is 15.0 Å². The predicted molar refractivity (Wildman–Crippen MR) is 154 cm³/mol. The Hall–Kier alpha value is -6.03. The van der Waals surface area contributed by atoms with Crippen LogP contribution >= 0.6 is 0 Å². The van der Waals surface area contributed by atoms with Crippen LogP contribution in [0, 0.1) is 0 Å². The van der Waals surface area contributed by atoms with Crippen LogP contribution in [0.3, 0.4) is 0 Å². The van der Waals surface area contributed by atoms with E-state index in [1.54, 1.807) is 49.0 Å². The fourth-order valence-electron chi connectivity index (χ4n) is 3.90. The van der Waals surface area contributed by atoms with Gasteiger partial charge in [-0.25, -0.2) is 0 Å². The predicted octanol–water partition coefficient (Wildman–Crippen LogP) is 6.01. The van der Waals surface area contributed by atoms with Crippen LogP contribution in [-0.2, 0) is 0 Å². The van der Waals surface area contributed by atoms with Crippen molar-refractivity contribution < 1.29 is 8.83 Å². The van der Waals surface area contributed by atoms with Gasteiger partial charge in [0, 0.05) is 29.7 Å². The summed E-state index contributed by atoms with van der Waals surface area (Å²) in [6.45, 7) is 3.63. The molecule has 41 heavy (non-hydrogen) atoms. The lowest BCUT2D eigenvalue weighted by Crippen LogP contribution is -1.98. The first kappa shape index (κ1) is 25.3. The van der Waals surface area contributed by atoms with E-state index in [0.717, 1.165) is 11.4 Å². The van der Waals surface area contributed by atoms with E-state index in [0.29, 0.717) is 57.2 Å². The second-order valence-electron chi connectivity index (χ2n) is 8.73. The molecule has 0 unspecified atom stereocenters. The molecule has 0 saturated heterocycles. The number of pyridine rings is 3. The normalized spacial score (nSPS) is 11.7. The Morgan fingerprint density at radius 3 is 1.83 bits per heavy atom. The van der Waals surface area contributed by atoms with Crippen LogP contribution in [0.25, 0.3) is 62.9 Å². The summed E-state index contributed by atoms with van der Waals surface area (Å²) in [7, 11) is 0. The van der Waals surface area contributed by atoms with Crippen molar-refractivity contribution in [1.82, 2.24) is 35.3 Å². The molecule has 1 aromatic carbocycles. The highest BCUT2D eigenvalue weighted by atomic mass is 16.4. The van der Waals surface area contributed by atoms with Crippen LogP contribution in [0.1, 0.15) is 5.69 Å². The molecule has 0 atom stereocenters. The van der Waals surface area contributed by atoms with E-state index in [2.05, 4.69) is 41.9 Å². The van der Waals surface area contributed by atoms with Gasteiger partial charge >= 0.3 is 0 Å². The van der Waals surface area contributed by atoms with Gasteiger partial charge in [0.2, 0.25) is 23.6 Å². The van der Waals surface area contributed by atoms with E-state index in [4.69, 9.17) is 14.6 Å². The standard InChI is InChI=1S/C31H22N8O2/c1-2-3-4-10-24(32)25-14-12-22(18-34-25)30-38-36-28(40-30)20-8-7-9-21(17-20)29-37-39-31(41-29)23-13-15-27(35-19-23)26-11-5-6-16-33-26/h2-19H,1,32H2/b4-3-,24-10-. The molecule has 10 nitrogen and oxygen atoms in total. The summed E-state index contributed by atoms with van der Waals surface area (Å²) in [5, 5.41) is 16.8. The number of hydrogen-bond donors (Lipinski definition) is 1. The molecule has 5 aromatic heterocycles. The van der Waals surface area contributed by atoms with Crippen molar-refractivity contribution in [2.45, 2.75) is 0 Å². The van der Waals surface area contributed by atoms with Crippen molar-refractivity contribution in [3.05, 3.63) is 122 Å². The number of allylic oxidation sites excluding steroid dienone is 4. The Labute approximate surface area is 234 Å². The Morgan fingerprint density at radius 2 is 1.27 bits per heavy atom. The van der Waals surface area contributed by atoms with Crippen molar-refractivity contribution >= 4 is 5.70 Å². The van der Waals surface area contributed by atoms with Gasteiger partial charge in [0.05, 0.1) is 33.9 Å². The van der Waals surface area contributed by atoms with Crippen LogP contribution in [0.4, 0.5) is 0 Å². The van der Waals surface area contributed by atoms with Crippen LogP contribution in [-0.4, -0.2) is 35.3 Å². The topological polar surface area (TPSA) is 143 Å². The summed E-state index contributed by atoms with van der Waals surface area (Å²) in [6.07, 6.45) is 12.1. The van der Waals surface area contributed by atoms with E-state index in [1.165, 1.54) is 0 Å². The van der Waals surface area contributed by atoms with Gasteiger partial charge in [-0.2, -0.15) is 0 Å². The summed E-state index contributed by atoms with van der Waals surface area (Å²) in [6, 6.07) is 20.5. The molecule has 0 radical (unpaired) electrons. The third-order valence-electron chi connectivity index (χ3n) is 5.97. The number of nitrogens with two attached hydrogens (primary N) is 1. The van der Waals surface area contributed by atoms with E-state index in [1.807, 2.05) is 60.7 Å². The quantitative estimate of drug-likeness (QED) is 0.229. The molecule has 0 aliphatic rings. The fraction of sp³-hybridized carbons (Fsp3) is 0. The lowest BCUT2D eigenvalue weighted by atomic mass is 10.1. The molecule has 5 heterocycles. The molecule has 198 valence electrons. The van der Waals surface area contributed by atoms with Crippen LogP contribution in [0.15, 0.2) is 125 Å². The molecular formula is C31H22N8O2. The first-order chi connectivity index (χ1) is 20.2. The molecule has 10 heteroatoms. The Bertz CT molecular complexity index is 1850. The van der Waals surface area contributed by atoms with Gasteiger partial charge in [-0.05, 0) is 60.7 Å². The minimum Gasteiger partial charge on any atom is -0.416 e. The van der Waals surface area contributed by atoms with Crippen molar-refractivity contribution in [3.8, 4) is 57.2 Å². The average molecular weight is 539 g/mol. The molecule has 0 amide bonds. The lowest BCUT2D eigenvalue weighted by molar-refractivity contribution is 0.582. The first-order valence-electron chi connectivity index (χ1n) is 12.6. The second kappa shape index (κ2) is 11.4. The van der Waals surface area contributed by atoms with Crippen LogP contribution in [0.2, 0.25) is 0 Å². The maximum atomic E-state index is 6.07. The zero-order valence-corrected chi connectivity index (χ0v) is 21.6. The number of nitrogens with zero attached hydrogens (tertiary/aromatic N) is 7. The third-order valence-corrected chi connectivity index (χ3v) is 5.97. The van der Waals surface area contributed by atoms with E-state index in [9.17, 15) is 0 Å². The molecule has 0 spiro atoms. The first-order valence-corrected chi connectivity index (χ1v) is 12.6. The zero-order valence-electron chi connectivity index (χ0n) is 21.6. The second-order valence-corrected chi connectivity index (χ2v) is 8.73. The summed E-state index contributed by atoms with van der Waals surface area (Å²) in [5.74, 6) is 1.38. The molecule has 0 fully saturated rings. The van der Waals surface area contributed by atoms with E-state index < -0.39 is 0 Å². The number of benzene rings is 1. The summed E-state index contributed by atoms with van der Waals surface area (Å²) in [5.41, 5.74) is 11.5. The maximum Gasteiger partial charge on any atom is 0.249 e. The molecular weight excluding hydrogens is 516 g/mol. The van der Waals surface area contributed by atoms with Crippen LogP contribution < -0.4 is 5.73 Å². The van der Waals surface area contributed by atoms with E-state index in [-0.39, 0.29) is 0 Å². The van der Waals surface area contributed by atoms with Gasteiger partial charge < -0.3 is 14.6 Å². The Balaban J connectivity index is 1.19. The highest BCUT2D eigenvalue weighted by molar-refractivity contribution is 5.67. The lowest BCUT2D eigenvalue weighted by Gasteiger charge is -2.01. The number of hydrogen-bond acceptors (Lipinski definition) is 10. The van der Waals surface area contributed by atoms with Gasteiger partial charge in [-0.15, -0.1) is 20.4 Å². The molecule has 6 rings (SSSR count). The van der Waals surface area contributed by atoms with Crippen LogP contribution in [0.5, 0.6) is 0 Å². The molecule has 0 aliphatic heterocycles. The molecule has 2 N–H and O–H groups in total. The van der Waals surface area contributed by atoms with Gasteiger partial charge in [0.15, 0.2) is 0 Å². The molecule has 0 bridgehead atoms. The monoisotopic (exact) mass is 538 g/mol. The fourth-order valence-corrected chi connectivity index (χ4v) is 3.90. The van der Waals surface area contributed by atoms with Gasteiger partial charge in [0.1, 0.15) is 0 Å². The highest BCUT2D eigenvalue weighted by Crippen LogP contribution is 2.29. The summed E-state index contributed by atoms with van der Waals surface area (Å²) >= 11 is 0. The van der Waals surface area contributed by atoms with Gasteiger partial charge in [-0.1, -0.05) is 36.9 Å². The largest absolute Gasteiger partial charge is 0.416 e. The maximum absolute atomic E-state index is 6.07. The number of rotatable bonds is 8. The van der Waals surface area contributed by atoms with Crippen molar-refractivity contribution in [3.63, 3.8) is 0 Å². The Morgan fingerprint density at radius 1 is 0.634 bits per heavy atom. The summed E-state index contributed by atoms with van der Waals surface area (Å²) in [4.78, 5) is 13.2. The van der Waals surface area contributed by atoms with E-state index >= 15 is 0 Å². The highest BCUT2D eigenvalue weighted by Gasteiger charge is 2.15. The minimum atomic E-state index is 0.334. The minimum absolute atomic E-state index is 0.334. The van der Waals surface area contributed by atoms with Crippen molar-refractivity contribution in [1.29, 1.82) is 0 Å².